The van der Waals surface area contributed by atoms with Gasteiger partial charge in [0.15, 0.2) is 0 Å². The average Bonchev–Trinajstić information content (AvgIpc) is 2.58. The minimum absolute atomic E-state index is 0.495. The van der Waals surface area contributed by atoms with Crippen molar-refractivity contribution in [3.63, 3.8) is 0 Å². The number of hydrogen-bond acceptors (Lipinski definition) is 4. The van der Waals surface area contributed by atoms with Crippen molar-refractivity contribution in [1.82, 2.24) is 0 Å². The Morgan fingerprint density at radius 3 is 2.43 bits per heavy atom. The summed E-state index contributed by atoms with van der Waals surface area (Å²) in [6, 6.07) is 13.8. The van der Waals surface area contributed by atoms with Crippen LogP contribution in [0.3, 0.4) is 0 Å². The van der Waals surface area contributed by atoms with E-state index in [1.54, 1.807) is 14.2 Å². The Balaban J connectivity index is 2.11. The highest BCUT2D eigenvalue weighted by molar-refractivity contribution is 5.60. The van der Waals surface area contributed by atoms with Gasteiger partial charge in [0.25, 0.3) is 0 Å². The summed E-state index contributed by atoms with van der Waals surface area (Å²) in [7, 11) is 3.31. The molecule has 0 heterocycles. The third-order valence-corrected chi connectivity index (χ3v) is 3.42. The zero-order valence-corrected chi connectivity index (χ0v) is 14.3. The normalized spacial score (nSPS) is 10.5. The first-order valence-electron chi connectivity index (χ1n) is 7.80. The molecule has 4 heteroatoms. The van der Waals surface area contributed by atoms with Crippen molar-refractivity contribution in [2.75, 3.05) is 26.1 Å². The third kappa shape index (κ3) is 4.81. The second kappa shape index (κ2) is 8.32. The molecule has 0 unspecified atom stereocenters. The van der Waals surface area contributed by atoms with E-state index in [2.05, 4.69) is 25.2 Å². The SMILES string of the molecule is COc1ccc(OC)c(NCc2ccccc2OCC(C)C)c1. The quantitative estimate of drug-likeness (QED) is 0.786. The fourth-order valence-corrected chi connectivity index (χ4v) is 2.19. The monoisotopic (exact) mass is 315 g/mol. The number of ether oxygens (including phenoxy) is 3. The topological polar surface area (TPSA) is 39.7 Å². The molecule has 0 radical (unpaired) electrons. The highest BCUT2D eigenvalue weighted by atomic mass is 16.5. The Morgan fingerprint density at radius 1 is 0.957 bits per heavy atom. The van der Waals surface area contributed by atoms with Crippen LogP contribution >= 0.6 is 0 Å². The molecule has 0 bridgehead atoms. The number of hydrogen-bond donors (Lipinski definition) is 1. The molecule has 4 nitrogen and oxygen atoms in total. The Hall–Kier alpha value is -2.36. The minimum atomic E-state index is 0.495. The molecule has 1 N–H and O–H groups in total. The maximum Gasteiger partial charge on any atom is 0.142 e. The van der Waals surface area contributed by atoms with Crippen LogP contribution in [-0.2, 0) is 6.54 Å². The lowest BCUT2D eigenvalue weighted by Crippen LogP contribution is -2.08. The lowest BCUT2D eigenvalue weighted by Gasteiger charge is -2.16. The Bertz CT molecular complexity index is 626. The molecule has 0 aliphatic heterocycles. The second-order valence-electron chi connectivity index (χ2n) is 5.73. The molecule has 2 rings (SSSR count). The van der Waals surface area contributed by atoms with E-state index in [0.29, 0.717) is 19.1 Å². The second-order valence-corrected chi connectivity index (χ2v) is 5.73. The lowest BCUT2D eigenvalue weighted by molar-refractivity contribution is 0.269. The number of rotatable bonds is 8. The van der Waals surface area contributed by atoms with Gasteiger partial charge in [0.05, 0.1) is 26.5 Å². The van der Waals surface area contributed by atoms with E-state index in [0.717, 1.165) is 28.5 Å². The predicted molar refractivity (Wildman–Crippen MR) is 93.6 cm³/mol. The summed E-state index contributed by atoms with van der Waals surface area (Å²) in [6.45, 7) is 5.64. The Kier molecular flexibility index (Phi) is 6.15. The van der Waals surface area contributed by atoms with E-state index < -0.39 is 0 Å². The molecule has 0 saturated heterocycles. The zero-order valence-electron chi connectivity index (χ0n) is 14.3. The standard InChI is InChI=1S/C19H25NO3/c1-14(2)13-23-18-8-6-5-7-15(18)12-20-17-11-16(21-3)9-10-19(17)22-4/h5-11,14,20H,12-13H2,1-4H3. The summed E-state index contributed by atoms with van der Waals surface area (Å²) in [4.78, 5) is 0. The van der Waals surface area contributed by atoms with Gasteiger partial charge in [-0.1, -0.05) is 32.0 Å². The highest BCUT2D eigenvalue weighted by Crippen LogP contribution is 2.30. The average molecular weight is 315 g/mol. The van der Waals surface area contributed by atoms with Crippen LogP contribution in [0.25, 0.3) is 0 Å². The first kappa shape index (κ1) is 17.0. The van der Waals surface area contributed by atoms with Crippen LogP contribution in [-0.4, -0.2) is 20.8 Å². The molecule has 2 aromatic rings. The maximum atomic E-state index is 5.89. The zero-order chi connectivity index (χ0) is 16.7. The molecular formula is C19H25NO3. The van der Waals surface area contributed by atoms with Gasteiger partial charge >= 0.3 is 0 Å². The maximum absolute atomic E-state index is 5.89. The van der Waals surface area contributed by atoms with Crippen molar-refractivity contribution in [2.45, 2.75) is 20.4 Å². The van der Waals surface area contributed by atoms with Crippen LogP contribution in [0.4, 0.5) is 5.69 Å². The van der Waals surface area contributed by atoms with E-state index in [1.807, 2.05) is 36.4 Å². The highest BCUT2D eigenvalue weighted by Gasteiger charge is 2.08. The van der Waals surface area contributed by atoms with E-state index in [4.69, 9.17) is 14.2 Å². The van der Waals surface area contributed by atoms with Gasteiger partial charge in [-0.15, -0.1) is 0 Å². The molecule has 0 atom stereocenters. The van der Waals surface area contributed by atoms with Gasteiger partial charge < -0.3 is 19.5 Å². The molecule has 0 amide bonds. The molecule has 0 aliphatic rings. The van der Waals surface area contributed by atoms with Crippen LogP contribution in [0, 0.1) is 5.92 Å². The fourth-order valence-electron chi connectivity index (χ4n) is 2.19. The summed E-state index contributed by atoms with van der Waals surface area (Å²) in [5.74, 6) is 2.98. The summed E-state index contributed by atoms with van der Waals surface area (Å²) in [5, 5.41) is 3.40. The molecular weight excluding hydrogens is 290 g/mol. The van der Waals surface area contributed by atoms with Gasteiger partial charge in [0, 0.05) is 18.2 Å². The lowest BCUT2D eigenvalue weighted by atomic mass is 10.2. The van der Waals surface area contributed by atoms with Gasteiger partial charge in [-0.3, -0.25) is 0 Å². The summed E-state index contributed by atoms with van der Waals surface area (Å²) >= 11 is 0. The Labute approximate surface area is 138 Å². The van der Waals surface area contributed by atoms with E-state index in [1.165, 1.54) is 0 Å². The van der Waals surface area contributed by atoms with Crippen LogP contribution in [0.1, 0.15) is 19.4 Å². The number of anilines is 1. The number of methoxy groups -OCH3 is 2. The first-order valence-corrected chi connectivity index (χ1v) is 7.80. The predicted octanol–water partition coefficient (Wildman–Crippen LogP) is 4.35. The first-order chi connectivity index (χ1) is 11.1. The summed E-state index contributed by atoms with van der Waals surface area (Å²) in [5.41, 5.74) is 2.00. The van der Waals surface area contributed by atoms with Crippen LogP contribution in [0.5, 0.6) is 17.2 Å². The van der Waals surface area contributed by atoms with Gasteiger partial charge in [-0.25, -0.2) is 0 Å². The van der Waals surface area contributed by atoms with Crippen molar-refractivity contribution in [2.24, 2.45) is 5.92 Å². The fraction of sp³-hybridized carbons (Fsp3) is 0.368. The number of benzene rings is 2. The van der Waals surface area contributed by atoms with E-state index in [9.17, 15) is 0 Å². The van der Waals surface area contributed by atoms with Gasteiger partial charge in [0.1, 0.15) is 17.2 Å². The van der Waals surface area contributed by atoms with Crippen LogP contribution < -0.4 is 19.5 Å². The molecule has 0 spiro atoms. The van der Waals surface area contributed by atoms with Crippen molar-refractivity contribution in [1.29, 1.82) is 0 Å². The largest absolute Gasteiger partial charge is 0.497 e. The molecule has 0 aliphatic carbocycles. The molecule has 0 saturated carbocycles. The number of para-hydroxylation sites is 1. The molecule has 124 valence electrons. The van der Waals surface area contributed by atoms with Crippen molar-refractivity contribution in [3.8, 4) is 17.2 Å². The Morgan fingerprint density at radius 2 is 1.74 bits per heavy atom. The minimum Gasteiger partial charge on any atom is -0.497 e. The molecule has 23 heavy (non-hydrogen) atoms. The third-order valence-electron chi connectivity index (χ3n) is 3.42. The van der Waals surface area contributed by atoms with Crippen LogP contribution in [0.2, 0.25) is 0 Å². The van der Waals surface area contributed by atoms with E-state index in [-0.39, 0.29) is 0 Å². The smallest absolute Gasteiger partial charge is 0.142 e. The van der Waals surface area contributed by atoms with Gasteiger partial charge in [0.2, 0.25) is 0 Å². The van der Waals surface area contributed by atoms with Crippen molar-refractivity contribution >= 4 is 5.69 Å². The number of nitrogens with one attached hydrogen (secondary N) is 1. The van der Waals surface area contributed by atoms with Crippen molar-refractivity contribution < 1.29 is 14.2 Å². The van der Waals surface area contributed by atoms with Crippen LogP contribution in [0.15, 0.2) is 42.5 Å². The van der Waals surface area contributed by atoms with Gasteiger partial charge in [-0.05, 0) is 24.1 Å². The summed E-state index contributed by atoms with van der Waals surface area (Å²) < 4.78 is 16.6. The summed E-state index contributed by atoms with van der Waals surface area (Å²) in [6.07, 6.45) is 0. The van der Waals surface area contributed by atoms with Gasteiger partial charge in [-0.2, -0.15) is 0 Å². The molecule has 0 aromatic heterocycles. The van der Waals surface area contributed by atoms with E-state index >= 15 is 0 Å². The van der Waals surface area contributed by atoms with Crippen molar-refractivity contribution in [3.05, 3.63) is 48.0 Å². The molecule has 0 fully saturated rings. The molecule has 2 aromatic carbocycles.